The van der Waals surface area contributed by atoms with Gasteiger partial charge in [-0.3, -0.25) is 4.79 Å². The first-order valence-electron chi connectivity index (χ1n) is 11.7. The Morgan fingerprint density at radius 3 is 2.56 bits per heavy atom. The lowest BCUT2D eigenvalue weighted by Gasteiger charge is -2.15. The quantitative estimate of drug-likeness (QED) is 0.202. The third kappa shape index (κ3) is 6.73. The average molecular weight is 623 g/mol. The Kier molecular flexibility index (Phi) is 9.67. The van der Waals surface area contributed by atoms with Gasteiger partial charge < -0.3 is 14.2 Å². The molecule has 3 aromatic rings. The Bertz CT molecular complexity index is 1340. The van der Waals surface area contributed by atoms with Gasteiger partial charge in [0.1, 0.15) is 5.82 Å². The molecule has 36 heavy (non-hydrogen) atoms. The number of ether oxygens (including phenoxy) is 3. The van der Waals surface area contributed by atoms with E-state index in [9.17, 15) is 9.59 Å². The average Bonchev–Trinajstić information content (AvgIpc) is 2.82. The van der Waals surface area contributed by atoms with E-state index in [1.165, 1.54) is 4.68 Å². The highest BCUT2D eigenvalue weighted by molar-refractivity contribution is 9.10. The van der Waals surface area contributed by atoms with E-state index >= 15 is 0 Å². The van der Waals surface area contributed by atoms with Crippen molar-refractivity contribution in [3.63, 3.8) is 0 Å². The van der Waals surface area contributed by atoms with Gasteiger partial charge in [-0.2, -0.15) is 9.78 Å². The highest BCUT2D eigenvalue weighted by Gasteiger charge is 2.17. The molecule has 0 unspecified atom stereocenters. The largest absolute Gasteiger partial charge is 0.490 e. The summed E-state index contributed by atoms with van der Waals surface area (Å²) in [6.07, 6.45) is 2.14. The number of hydrogen-bond donors (Lipinski definition) is 0. The number of nitrogens with zero attached hydrogens (tertiary/aromatic N) is 3. The van der Waals surface area contributed by atoms with E-state index in [4.69, 9.17) is 19.2 Å². The van der Waals surface area contributed by atoms with Crippen molar-refractivity contribution in [2.45, 2.75) is 53.1 Å². The molecule has 0 amide bonds. The molecular weight excluding hydrogens is 594 g/mol. The number of hydrogen-bond acceptors (Lipinski definition) is 7. The molecule has 0 saturated heterocycles. The number of esters is 1. The molecule has 8 nitrogen and oxygen atoms in total. The molecule has 0 N–H and O–H groups in total. The normalized spacial score (nSPS) is 12.3. The van der Waals surface area contributed by atoms with E-state index in [0.717, 1.165) is 10.9 Å². The molecular formula is C26H29Br2N3O5. The Labute approximate surface area is 226 Å². The minimum absolute atomic E-state index is 0.0231. The van der Waals surface area contributed by atoms with Gasteiger partial charge in [-0.05, 0) is 79.0 Å². The van der Waals surface area contributed by atoms with E-state index in [1.54, 1.807) is 38.3 Å². The van der Waals surface area contributed by atoms with Crippen LogP contribution < -0.4 is 15.0 Å². The number of carbonyl (C=O) groups excluding carboxylic acids is 1. The highest BCUT2D eigenvalue weighted by Crippen LogP contribution is 2.36. The zero-order valence-electron chi connectivity index (χ0n) is 20.9. The van der Waals surface area contributed by atoms with Gasteiger partial charge in [0.05, 0.1) is 34.3 Å². The lowest BCUT2D eigenvalue weighted by atomic mass is 10.1. The molecule has 1 aromatic heterocycles. The fourth-order valence-electron chi connectivity index (χ4n) is 3.40. The van der Waals surface area contributed by atoms with Crippen molar-refractivity contribution >= 4 is 54.9 Å². The summed E-state index contributed by atoms with van der Waals surface area (Å²) in [6.45, 7) is 9.58. The molecule has 10 heteroatoms. The number of aromatic nitrogens is 2. The van der Waals surface area contributed by atoms with E-state index < -0.39 is 5.97 Å². The van der Waals surface area contributed by atoms with Gasteiger partial charge in [0.2, 0.25) is 0 Å². The van der Waals surface area contributed by atoms with Crippen molar-refractivity contribution in [1.82, 2.24) is 9.66 Å². The van der Waals surface area contributed by atoms with Crippen LogP contribution in [0.4, 0.5) is 0 Å². The maximum atomic E-state index is 13.3. The molecule has 192 valence electrons. The predicted molar refractivity (Wildman–Crippen MR) is 147 cm³/mol. The summed E-state index contributed by atoms with van der Waals surface area (Å²) in [5.74, 6) is 0.943. The van der Waals surface area contributed by atoms with Crippen molar-refractivity contribution in [2.75, 3.05) is 13.2 Å². The van der Waals surface area contributed by atoms with Gasteiger partial charge >= 0.3 is 5.97 Å². The summed E-state index contributed by atoms with van der Waals surface area (Å²) in [7, 11) is 0. The number of halogens is 2. The van der Waals surface area contributed by atoms with Crippen LogP contribution in [-0.4, -0.2) is 41.2 Å². The summed E-state index contributed by atoms with van der Waals surface area (Å²) in [5, 5.41) is 4.99. The first-order chi connectivity index (χ1) is 17.1. The first-order valence-corrected chi connectivity index (χ1v) is 13.3. The minimum atomic E-state index is -0.475. The SMILES string of the molecule is CCOc1cc(C=Nn2c([C@H](C)CC)nc3ccc(Br)cc3c2=O)cc(Br)c1OCC(=O)OC(C)C. The molecule has 1 atom stereocenters. The molecule has 0 aliphatic carbocycles. The molecule has 0 bridgehead atoms. The number of carbonyl (C=O) groups is 1. The third-order valence-electron chi connectivity index (χ3n) is 5.24. The number of rotatable bonds is 10. The van der Waals surface area contributed by atoms with Gasteiger partial charge in [0.25, 0.3) is 5.56 Å². The van der Waals surface area contributed by atoms with E-state index in [-0.39, 0.29) is 24.2 Å². The second-order valence-corrected chi connectivity index (χ2v) is 10.2. The zero-order chi connectivity index (χ0) is 26.4. The summed E-state index contributed by atoms with van der Waals surface area (Å²) < 4.78 is 19.3. The highest BCUT2D eigenvalue weighted by atomic mass is 79.9. The van der Waals surface area contributed by atoms with Crippen LogP contribution in [0.25, 0.3) is 10.9 Å². The van der Waals surface area contributed by atoms with Gasteiger partial charge in [-0.1, -0.05) is 29.8 Å². The number of benzene rings is 2. The van der Waals surface area contributed by atoms with Crippen LogP contribution in [0, 0.1) is 0 Å². The van der Waals surface area contributed by atoms with Crippen LogP contribution >= 0.6 is 31.9 Å². The summed E-state index contributed by atoms with van der Waals surface area (Å²) >= 11 is 6.92. The van der Waals surface area contributed by atoms with E-state index in [1.807, 2.05) is 32.9 Å². The maximum absolute atomic E-state index is 13.3. The second-order valence-electron chi connectivity index (χ2n) is 8.39. The summed E-state index contributed by atoms with van der Waals surface area (Å²) in [4.78, 5) is 30.0. The van der Waals surface area contributed by atoms with Crippen molar-refractivity contribution in [3.8, 4) is 11.5 Å². The van der Waals surface area contributed by atoms with Crippen LogP contribution in [0.2, 0.25) is 0 Å². The Balaban J connectivity index is 2.01. The van der Waals surface area contributed by atoms with Crippen LogP contribution in [0.3, 0.4) is 0 Å². The zero-order valence-corrected chi connectivity index (χ0v) is 24.1. The molecule has 0 spiro atoms. The summed E-state index contributed by atoms with van der Waals surface area (Å²) in [5.41, 5.74) is 1.04. The van der Waals surface area contributed by atoms with Crippen LogP contribution in [0.15, 0.2) is 49.2 Å². The molecule has 1 heterocycles. The van der Waals surface area contributed by atoms with E-state index in [0.29, 0.717) is 44.9 Å². The Morgan fingerprint density at radius 1 is 1.14 bits per heavy atom. The van der Waals surface area contributed by atoms with Crippen LogP contribution in [-0.2, 0) is 9.53 Å². The van der Waals surface area contributed by atoms with Crippen LogP contribution in [0.5, 0.6) is 11.5 Å². The van der Waals surface area contributed by atoms with Gasteiger partial charge in [0.15, 0.2) is 18.1 Å². The molecule has 0 radical (unpaired) electrons. The summed E-state index contributed by atoms with van der Waals surface area (Å²) in [6, 6.07) is 8.94. The van der Waals surface area contributed by atoms with Gasteiger partial charge in [0, 0.05) is 10.4 Å². The number of fused-ring (bicyclic) bond motifs is 1. The standard InChI is InChI=1S/C26H29Br2N3O5/c1-6-16(5)25-30-21-9-8-18(27)12-19(21)26(33)31(25)29-13-17-10-20(28)24(22(11-17)34-7-2)35-14-23(32)36-15(3)4/h8-13,15-16H,6-7,14H2,1-5H3/t16-/m1/s1. The monoisotopic (exact) mass is 621 g/mol. The fraction of sp³-hybridized carbons (Fsp3) is 0.385. The maximum Gasteiger partial charge on any atom is 0.344 e. The third-order valence-corrected chi connectivity index (χ3v) is 6.32. The fourth-order valence-corrected chi connectivity index (χ4v) is 4.33. The molecule has 3 rings (SSSR count). The molecule has 0 aliphatic heterocycles. The minimum Gasteiger partial charge on any atom is -0.490 e. The second kappa shape index (κ2) is 12.5. The van der Waals surface area contributed by atoms with Crippen molar-refractivity contribution in [3.05, 3.63) is 61.0 Å². The van der Waals surface area contributed by atoms with Crippen LogP contribution in [0.1, 0.15) is 58.3 Å². The van der Waals surface area contributed by atoms with Crippen molar-refractivity contribution in [1.29, 1.82) is 0 Å². The smallest absolute Gasteiger partial charge is 0.344 e. The Hall–Kier alpha value is -2.72. The van der Waals surface area contributed by atoms with E-state index in [2.05, 4.69) is 37.0 Å². The topological polar surface area (TPSA) is 92.0 Å². The van der Waals surface area contributed by atoms with Crippen molar-refractivity contribution < 1.29 is 19.0 Å². The Morgan fingerprint density at radius 2 is 1.89 bits per heavy atom. The lowest BCUT2D eigenvalue weighted by molar-refractivity contribution is -0.149. The molecule has 0 saturated carbocycles. The molecule has 0 aliphatic rings. The van der Waals surface area contributed by atoms with Gasteiger partial charge in [-0.15, -0.1) is 0 Å². The first kappa shape index (κ1) is 27.9. The molecule has 2 aromatic carbocycles. The molecule has 0 fully saturated rings. The predicted octanol–water partition coefficient (Wildman–Crippen LogP) is 6.05. The van der Waals surface area contributed by atoms with Gasteiger partial charge in [-0.25, -0.2) is 9.78 Å². The lowest BCUT2D eigenvalue weighted by Crippen LogP contribution is -2.23. The van der Waals surface area contributed by atoms with Crippen molar-refractivity contribution in [2.24, 2.45) is 5.10 Å².